The molecule has 2 N–H and O–H groups in total. The summed E-state index contributed by atoms with van der Waals surface area (Å²) in [5, 5.41) is 0. The standard InChI is InChI=1S/C14H21FN2/c1-3-10-4-12(7-13(15)5-10)14-6-11(8-16)9-17(14)2/h4-5,7,11,14H,3,6,8-9,16H2,1-2H3. The molecule has 17 heavy (non-hydrogen) atoms. The van der Waals surface area contributed by atoms with Crippen molar-refractivity contribution >= 4 is 0 Å². The van der Waals surface area contributed by atoms with Crippen molar-refractivity contribution in [3.05, 3.63) is 35.1 Å². The van der Waals surface area contributed by atoms with Gasteiger partial charge in [0.2, 0.25) is 0 Å². The molecule has 2 unspecified atom stereocenters. The second kappa shape index (κ2) is 5.15. The lowest BCUT2D eigenvalue weighted by atomic mass is 9.97. The van der Waals surface area contributed by atoms with Crippen LogP contribution in [0.5, 0.6) is 0 Å². The van der Waals surface area contributed by atoms with Crippen molar-refractivity contribution in [1.82, 2.24) is 4.90 Å². The Balaban J connectivity index is 2.24. The first-order valence-corrected chi connectivity index (χ1v) is 6.33. The van der Waals surface area contributed by atoms with Gasteiger partial charge in [0.1, 0.15) is 5.82 Å². The number of benzene rings is 1. The predicted molar refractivity (Wildman–Crippen MR) is 68.3 cm³/mol. The molecule has 0 radical (unpaired) electrons. The summed E-state index contributed by atoms with van der Waals surface area (Å²) in [5.41, 5.74) is 7.89. The number of nitrogens with two attached hydrogens (primary N) is 1. The molecular formula is C14H21FN2. The van der Waals surface area contributed by atoms with Gasteiger partial charge >= 0.3 is 0 Å². The molecule has 2 atom stereocenters. The Labute approximate surface area is 103 Å². The Morgan fingerprint density at radius 3 is 2.76 bits per heavy atom. The van der Waals surface area contributed by atoms with Crippen LogP contribution in [-0.4, -0.2) is 25.0 Å². The lowest BCUT2D eigenvalue weighted by Gasteiger charge is -2.20. The number of rotatable bonds is 3. The predicted octanol–water partition coefficient (Wildman–Crippen LogP) is 2.34. The molecule has 2 nitrogen and oxygen atoms in total. The Morgan fingerprint density at radius 1 is 1.41 bits per heavy atom. The van der Waals surface area contributed by atoms with E-state index < -0.39 is 0 Å². The average Bonchev–Trinajstić information content (AvgIpc) is 2.69. The molecule has 1 aliphatic rings. The minimum absolute atomic E-state index is 0.121. The summed E-state index contributed by atoms with van der Waals surface area (Å²) in [7, 11) is 2.09. The second-order valence-corrected chi connectivity index (χ2v) is 5.04. The monoisotopic (exact) mass is 236 g/mol. The third-order valence-corrected chi connectivity index (χ3v) is 3.74. The SMILES string of the molecule is CCc1cc(F)cc(C2CC(CN)CN2C)c1. The minimum Gasteiger partial charge on any atom is -0.330 e. The maximum atomic E-state index is 13.5. The maximum Gasteiger partial charge on any atom is 0.123 e. The summed E-state index contributed by atoms with van der Waals surface area (Å²) in [6.45, 7) is 3.79. The number of nitrogens with zero attached hydrogens (tertiary/aromatic N) is 1. The highest BCUT2D eigenvalue weighted by atomic mass is 19.1. The summed E-state index contributed by atoms with van der Waals surface area (Å²) in [5.74, 6) is 0.419. The molecule has 2 rings (SSSR count). The fraction of sp³-hybridized carbons (Fsp3) is 0.571. The summed E-state index contributed by atoms with van der Waals surface area (Å²) < 4.78 is 13.5. The van der Waals surface area contributed by atoms with Gasteiger partial charge in [-0.05, 0) is 55.6 Å². The van der Waals surface area contributed by atoms with Crippen molar-refractivity contribution in [2.24, 2.45) is 11.7 Å². The highest BCUT2D eigenvalue weighted by Gasteiger charge is 2.29. The van der Waals surface area contributed by atoms with Gasteiger partial charge < -0.3 is 5.73 Å². The number of halogens is 1. The first-order valence-electron chi connectivity index (χ1n) is 6.33. The summed E-state index contributed by atoms with van der Waals surface area (Å²) >= 11 is 0. The van der Waals surface area contributed by atoms with Gasteiger partial charge in [-0.1, -0.05) is 13.0 Å². The number of aryl methyl sites for hydroxylation is 1. The van der Waals surface area contributed by atoms with Crippen LogP contribution in [0.15, 0.2) is 18.2 Å². The van der Waals surface area contributed by atoms with Gasteiger partial charge in [0, 0.05) is 12.6 Å². The third kappa shape index (κ3) is 2.67. The molecule has 1 aliphatic heterocycles. The van der Waals surface area contributed by atoms with Gasteiger partial charge in [0.25, 0.3) is 0 Å². The quantitative estimate of drug-likeness (QED) is 0.873. The Hall–Kier alpha value is -0.930. The minimum atomic E-state index is -0.121. The molecule has 0 bridgehead atoms. The van der Waals surface area contributed by atoms with Crippen LogP contribution in [0.2, 0.25) is 0 Å². The van der Waals surface area contributed by atoms with Gasteiger partial charge in [-0.15, -0.1) is 0 Å². The van der Waals surface area contributed by atoms with E-state index in [0.717, 1.165) is 37.1 Å². The Bertz CT molecular complexity index is 392. The van der Waals surface area contributed by atoms with Gasteiger partial charge in [0.15, 0.2) is 0 Å². The molecule has 0 amide bonds. The summed E-state index contributed by atoms with van der Waals surface area (Å²) in [4.78, 5) is 2.28. The van der Waals surface area contributed by atoms with Crippen LogP contribution < -0.4 is 5.73 Å². The average molecular weight is 236 g/mol. The smallest absolute Gasteiger partial charge is 0.123 e. The fourth-order valence-electron chi connectivity index (χ4n) is 2.74. The molecule has 94 valence electrons. The van der Waals surface area contributed by atoms with Gasteiger partial charge in [-0.2, -0.15) is 0 Å². The van der Waals surface area contributed by atoms with E-state index in [1.54, 1.807) is 12.1 Å². The molecule has 0 aliphatic carbocycles. The largest absolute Gasteiger partial charge is 0.330 e. The van der Waals surface area contributed by atoms with E-state index in [-0.39, 0.29) is 5.82 Å². The topological polar surface area (TPSA) is 29.3 Å². The number of likely N-dealkylation sites (tertiary alicyclic amines) is 1. The molecule has 0 spiro atoms. The first-order chi connectivity index (χ1) is 8.13. The molecule has 0 aromatic heterocycles. The van der Waals surface area contributed by atoms with Crippen LogP contribution in [0, 0.1) is 11.7 Å². The van der Waals surface area contributed by atoms with Crippen LogP contribution in [0.1, 0.15) is 30.5 Å². The van der Waals surface area contributed by atoms with Gasteiger partial charge in [-0.3, -0.25) is 4.90 Å². The Morgan fingerprint density at radius 2 is 2.18 bits per heavy atom. The van der Waals surface area contributed by atoms with Crippen molar-refractivity contribution in [1.29, 1.82) is 0 Å². The highest BCUT2D eigenvalue weighted by molar-refractivity contribution is 5.28. The molecule has 1 fully saturated rings. The molecule has 1 heterocycles. The fourth-order valence-corrected chi connectivity index (χ4v) is 2.74. The van der Waals surface area contributed by atoms with Crippen LogP contribution in [0.3, 0.4) is 0 Å². The second-order valence-electron chi connectivity index (χ2n) is 5.04. The molecule has 1 aromatic carbocycles. The van der Waals surface area contributed by atoms with Gasteiger partial charge in [0.05, 0.1) is 0 Å². The van der Waals surface area contributed by atoms with Crippen LogP contribution >= 0.6 is 0 Å². The van der Waals surface area contributed by atoms with E-state index in [1.807, 2.05) is 0 Å². The number of hydrogen-bond donors (Lipinski definition) is 1. The lowest BCUT2D eigenvalue weighted by Crippen LogP contribution is -2.20. The molecule has 3 heteroatoms. The van der Waals surface area contributed by atoms with Crippen LogP contribution in [-0.2, 0) is 6.42 Å². The zero-order chi connectivity index (χ0) is 12.4. The normalized spacial score (nSPS) is 25.4. The molecule has 0 saturated carbocycles. The summed E-state index contributed by atoms with van der Waals surface area (Å²) in [6.07, 6.45) is 1.92. The van der Waals surface area contributed by atoms with Crippen LogP contribution in [0.4, 0.5) is 4.39 Å². The van der Waals surface area contributed by atoms with Crippen molar-refractivity contribution in [2.45, 2.75) is 25.8 Å². The Kier molecular flexibility index (Phi) is 3.79. The van der Waals surface area contributed by atoms with E-state index in [2.05, 4.69) is 24.9 Å². The van der Waals surface area contributed by atoms with E-state index >= 15 is 0 Å². The highest BCUT2D eigenvalue weighted by Crippen LogP contribution is 2.34. The molecule has 1 saturated heterocycles. The van der Waals surface area contributed by atoms with Crippen molar-refractivity contribution in [3.8, 4) is 0 Å². The maximum absolute atomic E-state index is 13.5. The van der Waals surface area contributed by atoms with Crippen molar-refractivity contribution in [2.75, 3.05) is 20.1 Å². The van der Waals surface area contributed by atoms with Gasteiger partial charge in [-0.25, -0.2) is 4.39 Å². The molecular weight excluding hydrogens is 215 g/mol. The van der Waals surface area contributed by atoms with Crippen LogP contribution in [0.25, 0.3) is 0 Å². The zero-order valence-electron chi connectivity index (χ0n) is 10.6. The first kappa shape index (κ1) is 12.5. The van der Waals surface area contributed by atoms with E-state index in [9.17, 15) is 4.39 Å². The summed E-state index contributed by atoms with van der Waals surface area (Å²) in [6, 6.07) is 5.74. The third-order valence-electron chi connectivity index (χ3n) is 3.74. The van der Waals surface area contributed by atoms with Crippen molar-refractivity contribution < 1.29 is 4.39 Å². The van der Waals surface area contributed by atoms with E-state index in [1.165, 1.54) is 0 Å². The van der Waals surface area contributed by atoms with E-state index in [0.29, 0.717) is 12.0 Å². The van der Waals surface area contributed by atoms with Crippen molar-refractivity contribution in [3.63, 3.8) is 0 Å². The van der Waals surface area contributed by atoms with E-state index in [4.69, 9.17) is 5.73 Å². The number of hydrogen-bond acceptors (Lipinski definition) is 2. The molecule has 1 aromatic rings. The lowest BCUT2D eigenvalue weighted by molar-refractivity contribution is 0.313. The zero-order valence-corrected chi connectivity index (χ0v) is 10.6.